The Morgan fingerprint density at radius 1 is 0.560 bits per heavy atom. The predicted molar refractivity (Wildman–Crippen MR) is 99.7 cm³/mol. The van der Waals surface area contributed by atoms with Gasteiger partial charge >= 0.3 is 17.1 Å². The molecular formula is C21H25ClCuN2. The van der Waals surface area contributed by atoms with E-state index in [0.29, 0.717) is 0 Å². The molecule has 2 aromatic carbocycles. The van der Waals surface area contributed by atoms with Crippen molar-refractivity contribution in [2.45, 2.75) is 41.5 Å². The Hall–Kier alpha value is -1.41. The summed E-state index contributed by atoms with van der Waals surface area (Å²) in [4.78, 5) is 4.45. The molecule has 3 rings (SSSR count). The van der Waals surface area contributed by atoms with Gasteiger partial charge in [0.15, 0.2) is 6.67 Å². The van der Waals surface area contributed by atoms with E-state index in [2.05, 4.69) is 94.7 Å². The summed E-state index contributed by atoms with van der Waals surface area (Å²) in [5, 5.41) is 0. The molecule has 0 fully saturated rings. The number of benzene rings is 2. The van der Waals surface area contributed by atoms with Crippen LogP contribution < -0.4 is 22.2 Å². The zero-order valence-electron chi connectivity index (χ0n) is 15.6. The molecule has 0 atom stereocenters. The second-order valence-electron chi connectivity index (χ2n) is 6.72. The van der Waals surface area contributed by atoms with Crippen LogP contribution >= 0.6 is 0 Å². The van der Waals surface area contributed by atoms with Gasteiger partial charge in [-0.2, -0.15) is 0 Å². The normalized spacial score (nSPS) is 12.9. The van der Waals surface area contributed by atoms with E-state index in [9.17, 15) is 0 Å². The molecule has 2 nitrogen and oxygen atoms in total. The summed E-state index contributed by atoms with van der Waals surface area (Å²) in [5.74, 6) is 0. The third-order valence-corrected chi connectivity index (χ3v) is 4.42. The van der Waals surface area contributed by atoms with Crippen LogP contribution in [0, 0.1) is 48.2 Å². The van der Waals surface area contributed by atoms with E-state index >= 15 is 0 Å². The SMILES string of the molecule is Cc1cc(C)c(N2[CH]N(c3c(C)cc(C)cc3C)C=C2)c(C)c1.[Cl-].[Cu+]. The second kappa shape index (κ2) is 8.31. The Kier molecular flexibility index (Phi) is 7.19. The minimum absolute atomic E-state index is 0. The van der Waals surface area contributed by atoms with Crippen LogP contribution in [0.2, 0.25) is 0 Å². The number of hydrogen-bond donors (Lipinski definition) is 0. The summed E-state index contributed by atoms with van der Waals surface area (Å²) in [6, 6.07) is 8.98. The van der Waals surface area contributed by atoms with Gasteiger partial charge in [-0.3, -0.25) is 0 Å². The number of rotatable bonds is 2. The molecule has 0 aromatic heterocycles. The maximum absolute atomic E-state index is 2.25. The fraction of sp³-hybridized carbons (Fsp3) is 0.286. The van der Waals surface area contributed by atoms with Gasteiger partial charge in [0.2, 0.25) is 0 Å². The third-order valence-electron chi connectivity index (χ3n) is 4.42. The van der Waals surface area contributed by atoms with Crippen LogP contribution in [-0.4, -0.2) is 0 Å². The van der Waals surface area contributed by atoms with Gasteiger partial charge in [0.1, 0.15) is 0 Å². The second-order valence-corrected chi connectivity index (χ2v) is 6.72. The Balaban J connectivity index is 0.00000156. The molecule has 137 valence electrons. The molecule has 0 aliphatic carbocycles. The minimum Gasteiger partial charge on any atom is -1.00 e. The molecule has 0 saturated carbocycles. The van der Waals surface area contributed by atoms with Gasteiger partial charge in [0.25, 0.3) is 0 Å². The molecule has 0 bridgehead atoms. The number of halogens is 1. The van der Waals surface area contributed by atoms with E-state index < -0.39 is 0 Å². The van der Waals surface area contributed by atoms with E-state index in [1.807, 2.05) is 0 Å². The summed E-state index contributed by atoms with van der Waals surface area (Å²) in [5.41, 5.74) is 10.4. The Bertz CT molecular complexity index is 687. The van der Waals surface area contributed by atoms with Gasteiger partial charge in [-0.15, -0.1) is 0 Å². The van der Waals surface area contributed by atoms with Crippen LogP contribution in [0.5, 0.6) is 0 Å². The van der Waals surface area contributed by atoms with E-state index in [-0.39, 0.29) is 29.5 Å². The van der Waals surface area contributed by atoms with E-state index in [1.54, 1.807) is 0 Å². The summed E-state index contributed by atoms with van der Waals surface area (Å²) >= 11 is 0. The largest absolute Gasteiger partial charge is 1.00 e. The molecule has 25 heavy (non-hydrogen) atoms. The molecule has 1 aliphatic heterocycles. The zero-order chi connectivity index (χ0) is 16.7. The number of aryl methyl sites for hydroxylation is 6. The fourth-order valence-electron chi connectivity index (χ4n) is 3.78. The molecular weight excluding hydrogens is 379 g/mol. The Labute approximate surface area is 168 Å². The average Bonchev–Trinajstić information content (AvgIpc) is 2.85. The number of hydrogen-bond acceptors (Lipinski definition) is 2. The van der Waals surface area contributed by atoms with E-state index in [1.165, 1.54) is 44.8 Å². The first-order chi connectivity index (χ1) is 10.9. The Morgan fingerprint density at radius 3 is 1.12 bits per heavy atom. The van der Waals surface area contributed by atoms with Gasteiger partial charge in [0.05, 0.1) is 0 Å². The number of nitrogens with zero attached hydrogens (tertiary/aromatic N) is 2. The Morgan fingerprint density at radius 2 is 0.840 bits per heavy atom. The monoisotopic (exact) mass is 403 g/mol. The molecule has 0 saturated heterocycles. The van der Waals surface area contributed by atoms with Crippen molar-refractivity contribution in [1.29, 1.82) is 0 Å². The first-order valence-electron chi connectivity index (χ1n) is 8.12. The maximum atomic E-state index is 2.25. The predicted octanol–water partition coefficient (Wildman–Crippen LogP) is 2.46. The van der Waals surface area contributed by atoms with Gasteiger partial charge in [-0.25, -0.2) is 0 Å². The van der Waals surface area contributed by atoms with Crippen molar-refractivity contribution in [3.63, 3.8) is 0 Å². The van der Waals surface area contributed by atoms with Crippen LogP contribution in [0.25, 0.3) is 0 Å². The molecule has 0 spiro atoms. The van der Waals surface area contributed by atoms with Crippen molar-refractivity contribution >= 4 is 11.4 Å². The topological polar surface area (TPSA) is 6.48 Å². The summed E-state index contributed by atoms with van der Waals surface area (Å²) < 4.78 is 0. The average molecular weight is 404 g/mol. The summed E-state index contributed by atoms with van der Waals surface area (Å²) in [6.07, 6.45) is 4.28. The summed E-state index contributed by atoms with van der Waals surface area (Å²) in [6.45, 7) is 15.2. The van der Waals surface area contributed by atoms with Gasteiger partial charge in [-0.1, -0.05) is 35.4 Å². The van der Waals surface area contributed by atoms with Gasteiger partial charge in [0, 0.05) is 23.8 Å². The van der Waals surface area contributed by atoms with Crippen molar-refractivity contribution in [1.82, 2.24) is 0 Å². The first kappa shape index (κ1) is 21.6. The third kappa shape index (κ3) is 4.23. The molecule has 0 amide bonds. The number of anilines is 2. The van der Waals surface area contributed by atoms with Crippen molar-refractivity contribution < 1.29 is 29.5 Å². The van der Waals surface area contributed by atoms with Gasteiger partial charge < -0.3 is 22.2 Å². The molecule has 2 aromatic rings. The van der Waals surface area contributed by atoms with Crippen LogP contribution in [-0.2, 0) is 17.1 Å². The zero-order valence-corrected chi connectivity index (χ0v) is 17.3. The van der Waals surface area contributed by atoms with Crippen molar-refractivity contribution in [3.05, 3.63) is 76.7 Å². The van der Waals surface area contributed by atoms with E-state index in [0.717, 1.165) is 0 Å². The standard InChI is InChI=1S/C21H25N2.ClH.Cu/c1-14-9-16(3)20(17(4)10-14)22-7-8-23(13-22)21-18(5)11-15(2)12-19(21)6;;/h7-13H,1-6H3;1H;/q;;+1/p-1. The minimum atomic E-state index is 0. The quantitative estimate of drug-likeness (QED) is 0.710. The summed E-state index contributed by atoms with van der Waals surface area (Å²) in [7, 11) is 0. The smallest absolute Gasteiger partial charge is 1.00 e. The molecule has 1 heterocycles. The van der Waals surface area contributed by atoms with E-state index in [4.69, 9.17) is 0 Å². The molecule has 4 heteroatoms. The first-order valence-corrected chi connectivity index (χ1v) is 8.12. The molecule has 1 radical (unpaired) electrons. The van der Waals surface area contributed by atoms with Crippen LogP contribution in [0.1, 0.15) is 33.4 Å². The fourth-order valence-corrected chi connectivity index (χ4v) is 3.78. The molecule has 1 aliphatic rings. The van der Waals surface area contributed by atoms with Crippen molar-refractivity contribution in [2.75, 3.05) is 9.80 Å². The molecule has 0 unspecified atom stereocenters. The molecule has 0 N–H and O–H groups in total. The van der Waals surface area contributed by atoms with Gasteiger partial charge in [-0.05, 0) is 63.8 Å². The van der Waals surface area contributed by atoms with Crippen molar-refractivity contribution in [3.8, 4) is 0 Å². The maximum Gasteiger partial charge on any atom is 1.00 e. The van der Waals surface area contributed by atoms with Crippen molar-refractivity contribution in [2.24, 2.45) is 0 Å². The van der Waals surface area contributed by atoms with Crippen LogP contribution in [0.4, 0.5) is 11.4 Å². The van der Waals surface area contributed by atoms with Crippen LogP contribution in [0.15, 0.2) is 36.7 Å². The van der Waals surface area contributed by atoms with Crippen LogP contribution in [0.3, 0.4) is 0 Å².